The molecule has 2 fully saturated rings. The van der Waals surface area contributed by atoms with E-state index in [-0.39, 0.29) is 18.6 Å². The van der Waals surface area contributed by atoms with Crippen LogP contribution in [0.4, 0.5) is 4.79 Å². The Morgan fingerprint density at radius 3 is 2.48 bits per heavy atom. The molecule has 2 aliphatic rings. The van der Waals surface area contributed by atoms with Gasteiger partial charge >= 0.3 is 13.7 Å². The fraction of sp³-hybridized carbons (Fsp3) is 0.929. The molecule has 1 saturated carbocycles. The van der Waals surface area contributed by atoms with Crippen molar-refractivity contribution in [3.8, 4) is 0 Å². The van der Waals surface area contributed by atoms with E-state index in [0.29, 0.717) is 6.54 Å². The van der Waals surface area contributed by atoms with Crippen molar-refractivity contribution in [1.29, 1.82) is 0 Å². The lowest BCUT2D eigenvalue weighted by Crippen LogP contribution is -2.41. The standard InChI is InChI=1S/C14H26NO5P/c1-5-19-21(17,18)11-9-15(10-14(11)7-6-8-14)12(16)20-13(2,3)4/h11H,5-10H2,1-4H3,(H,17,18). The van der Waals surface area contributed by atoms with Gasteiger partial charge in [0.15, 0.2) is 0 Å². The third kappa shape index (κ3) is 3.43. The third-order valence-electron chi connectivity index (χ3n) is 4.31. The first-order valence-electron chi connectivity index (χ1n) is 7.55. The summed E-state index contributed by atoms with van der Waals surface area (Å²) in [5.41, 5.74) is -1.33. The molecular weight excluding hydrogens is 293 g/mol. The zero-order chi connectivity index (χ0) is 15.9. The number of amides is 1. The van der Waals surface area contributed by atoms with E-state index < -0.39 is 24.9 Å². The van der Waals surface area contributed by atoms with Crippen molar-refractivity contribution in [3.05, 3.63) is 0 Å². The van der Waals surface area contributed by atoms with Crippen LogP contribution in [0.1, 0.15) is 47.0 Å². The third-order valence-corrected chi connectivity index (χ3v) is 6.44. The van der Waals surface area contributed by atoms with Gasteiger partial charge in [-0.05, 0) is 40.5 Å². The molecule has 1 saturated heterocycles. The Hall–Kier alpha value is -0.580. The van der Waals surface area contributed by atoms with Gasteiger partial charge in [0.25, 0.3) is 0 Å². The topological polar surface area (TPSA) is 76.1 Å². The normalized spacial score (nSPS) is 27.3. The number of carbonyl (C=O) groups is 1. The highest BCUT2D eigenvalue weighted by atomic mass is 31.2. The van der Waals surface area contributed by atoms with E-state index in [1.54, 1.807) is 11.8 Å². The molecule has 1 heterocycles. The predicted molar refractivity (Wildman–Crippen MR) is 79.3 cm³/mol. The van der Waals surface area contributed by atoms with Gasteiger partial charge in [-0.15, -0.1) is 0 Å². The number of hydrogen-bond donors (Lipinski definition) is 1. The zero-order valence-corrected chi connectivity index (χ0v) is 14.2. The zero-order valence-electron chi connectivity index (χ0n) is 13.3. The van der Waals surface area contributed by atoms with Crippen molar-refractivity contribution in [2.24, 2.45) is 5.41 Å². The minimum Gasteiger partial charge on any atom is -0.444 e. The molecule has 21 heavy (non-hydrogen) atoms. The summed E-state index contributed by atoms with van der Waals surface area (Å²) in [6.07, 6.45) is 2.36. The highest BCUT2D eigenvalue weighted by Gasteiger charge is 2.59. The van der Waals surface area contributed by atoms with Gasteiger partial charge in [-0.2, -0.15) is 0 Å². The quantitative estimate of drug-likeness (QED) is 0.809. The van der Waals surface area contributed by atoms with E-state index in [1.807, 2.05) is 20.8 Å². The Bertz CT molecular complexity index is 455. The SMILES string of the molecule is CCOP(=O)(O)C1CN(C(=O)OC(C)(C)C)CC12CCC2. The van der Waals surface area contributed by atoms with E-state index in [4.69, 9.17) is 9.26 Å². The van der Waals surface area contributed by atoms with Crippen LogP contribution in [0.15, 0.2) is 0 Å². The molecule has 2 unspecified atom stereocenters. The average molecular weight is 319 g/mol. The Balaban J connectivity index is 2.13. The van der Waals surface area contributed by atoms with Crippen molar-refractivity contribution in [1.82, 2.24) is 4.90 Å². The van der Waals surface area contributed by atoms with Crippen molar-refractivity contribution in [3.63, 3.8) is 0 Å². The van der Waals surface area contributed by atoms with Gasteiger partial charge in [-0.1, -0.05) is 6.42 Å². The maximum Gasteiger partial charge on any atom is 0.410 e. The summed E-state index contributed by atoms with van der Waals surface area (Å²) in [6, 6.07) is 0. The Morgan fingerprint density at radius 2 is 2.05 bits per heavy atom. The lowest BCUT2D eigenvalue weighted by atomic mass is 9.68. The molecule has 6 nitrogen and oxygen atoms in total. The predicted octanol–water partition coefficient (Wildman–Crippen LogP) is 3.00. The van der Waals surface area contributed by atoms with Crippen molar-refractivity contribution in [2.75, 3.05) is 19.7 Å². The van der Waals surface area contributed by atoms with Crippen LogP contribution in [0.25, 0.3) is 0 Å². The lowest BCUT2D eigenvalue weighted by molar-refractivity contribution is 0.0244. The molecule has 1 amide bonds. The molecule has 0 aromatic rings. The molecule has 1 aliphatic heterocycles. The number of carbonyl (C=O) groups excluding carboxylic acids is 1. The Kier molecular flexibility index (Phi) is 4.45. The maximum absolute atomic E-state index is 12.4. The average Bonchev–Trinajstić information content (AvgIpc) is 2.67. The summed E-state index contributed by atoms with van der Waals surface area (Å²) in [4.78, 5) is 24.0. The number of ether oxygens (including phenoxy) is 1. The smallest absolute Gasteiger partial charge is 0.410 e. The first-order valence-corrected chi connectivity index (χ1v) is 9.19. The molecule has 1 spiro atoms. The minimum absolute atomic E-state index is 0.201. The monoisotopic (exact) mass is 319 g/mol. The van der Waals surface area contributed by atoms with Gasteiger partial charge in [0.05, 0.1) is 12.3 Å². The van der Waals surface area contributed by atoms with Gasteiger partial charge in [-0.3, -0.25) is 4.57 Å². The first-order chi connectivity index (χ1) is 9.60. The van der Waals surface area contributed by atoms with Crippen molar-refractivity contribution in [2.45, 2.75) is 58.2 Å². The molecule has 0 radical (unpaired) electrons. The highest BCUT2D eigenvalue weighted by Crippen LogP contribution is 2.63. The molecule has 0 bridgehead atoms. The maximum atomic E-state index is 12.4. The summed E-state index contributed by atoms with van der Waals surface area (Å²) >= 11 is 0. The minimum atomic E-state index is -3.70. The molecule has 7 heteroatoms. The molecule has 0 aromatic heterocycles. The number of nitrogens with zero attached hydrogens (tertiary/aromatic N) is 1. The molecule has 0 aromatic carbocycles. The Labute approximate surface area is 126 Å². The van der Waals surface area contributed by atoms with Gasteiger partial charge in [0, 0.05) is 18.5 Å². The second-order valence-corrected chi connectivity index (χ2v) is 9.08. The van der Waals surface area contributed by atoms with Crippen LogP contribution in [-0.2, 0) is 13.8 Å². The molecule has 1 N–H and O–H groups in total. The highest BCUT2D eigenvalue weighted by molar-refractivity contribution is 7.53. The molecule has 2 atom stereocenters. The summed E-state index contributed by atoms with van der Waals surface area (Å²) in [5, 5.41) is 0. The summed E-state index contributed by atoms with van der Waals surface area (Å²) in [7, 11) is -3.70. The second kappa shape index (κ2) is 5.56. The first kappa shape index (κ1) is 16.8. The molecule has 122 valence electrons. The fourth-order valence-electron chi connectivity index (χ4n) is 3.26. The molecule has 2 rings (SSSR count). The van der Waals surface area contributed by atoms with Crippen molar-refractivity contribution < 1.29 is 23.5 Å². The number of likely N-dealkylation sites (tertiary alicyclic amines) is 1. The van der Waals surface area contributed by atoms with Crippen LogP contribution in [0, 0.1) is 5.41 Å². The number of rotatable bonds is 3. The van der Waals surface area contributed by atoms with Gasteiger partial charge < -0.3 is 19.1 Å². The summed E-state index contributed by atoms with van der Waals surface area (Å²) in [6.45, 7) is 8.08. The van der Waals surface area contributed by atoms with Crippen LogP contribution < -0.4 is 0 Å². The van der Waals surface area contributed by atoms with Crippen LogP contribution in [0.3, 0.4) is 0 Å². The molecule has 1 aliphatic carbocycles. The van der Waals surface area contributed by atoms with Crippen LogP contribution in [-0.4, -0.2) is 46.8 Å². The van der Waals surface area contributed by atoms with E-state index >= 15 is 0 Å². The van der Waals surface area contributed by atoms with Gasteiger partial charge in [0.1, 0.15) is 5.60 Å². The van der Waals surface area contributed by atoms with E-state index in [9.17, 15) is 14.3 Å². The van der Waals surface area contributed by atoms with Crippen LogP contribution in [0.5, 0.6) is 0 Å². The van der Waals surface area contributed by atoms with Crippen molar-refractivity contribution >= 4 is 13.7 Å². The van der Waals surface area contributed by atoms with E-state index in [1.165, 1.54) is 0 Å². The Morgan fingerprint density at radius 1 is 1.43 bits per heavy atom. The van der Waals surface area contributed by atoms with Gasteiger partial charge in [-0.25, -0.2) is 4.79 Å². The second-order valence-electron chi connectivity index (χ2n) is 7.07. The van der Waals surface area contributed by atoms with Crippen LogP contribution in [0.2, 0.25) is 0 Å². The van der Waals surface area contributed by atoms with Gasteiger partial charge in [0.2, 0.25) is 0 Å². The lowest BCUT2D eigenvalue weighted by Gasteiger charge is -2.43. The summed E-state index contributed by atoms with van der Waals surface area (Å²) < 4.78 is 22.9. The summed E-state index contributed by atoms with van der Waals surface area (Å²) in [5.74, 6) is 0. The van der Waals surface area contributed by atoms with E-state index in [0.717, 1.165) is 19.3 Å². The van der Waals surface area contributed by atoms with E-state index in [2.05, 4.69) is 0 Å². The fourth-order valence-corrected chi connectivity index (χ4v) is 5.25. The molecular formula is C14H26NO5P. The van der Waals surface area contributed by atoms with Crippen LogP contribution >= 0.6 is 7.60 Å². The largest absolute Gasteiger partial charge is 0.444 e. The number of hydrogen-bond acceptors (Lipinski definition) is 4.